The number of carbonyl (C=O) groups excluding carboxylic acids is 1. The van der Waals surface area contributed by atoms with Crippen molar-refractivity contribution in [1.29, 1.82) is 0 Å². The first kappa shape index (κ1) is 23.3. The third-order valence-corrected chi connectivity index (χ3v) is 7.52. The predicted molar refractivity (Wildman–Crippen MR) is 122 cm³/mol. The molecule has 1 amide bonds. The summed E-state index contributed by atoms with van der Waals surface area (Å²) in [7, 11) is 0.529. The number of aromatic nitrogens is 2. The zero-order chi connectivity index (χ0) is 23.4. The van der Waals surface area contributed by atoms with Gasteiger partial charge in [-0.25, -0.2) is 13.4 Å². The van der Waals surface area contributed by atoms with E-state index in [1.54, 1.807) is 18.3 Å². The van der Waals surface area contributed by atoms with Crippen LogP contribution in [0.1, 0.15) is 30.5 Å². The van der Waals surface area contributed by atoms with Crippen LogP contribution in [0.25, 0.3) is 0 Å². The molecule has 2 aliphatic rings. The van der Waals surface area contributed by atoms with Crippen LogP contribution in [0.5, 0.6) is 0 Å². The van der Waals surface area contributed by atoms with Gasteiger partial charge in [0, 0.05) is 18.5 Å². The van der Waals surface area contributed by atoms with Gasteiger partial charge in [0.25, 0.3) is 5.91 Å². The van der Waals surface area contributed by atoms with Crippen molar-refractivity contribution in [1.82, 2.24) is 14.9 Å². The smallest absolute Gasteiger partial charge is 0.279 e. The lowest BCUT2D eigenvalue weighted by atomic mass is 10.1. The van der Waals surface area contributed by atoms with Crippen LogP contribution in [0.2, 0.25) is 0 Å². The Balaban J connectivity index is 1.54. The normalized spacial score (nSPS) is 19.0. The van der Waals surface area contributed by atoms with Gasteiger partial charge in [-0.2, -0.15) is 0 Å². The van der Waals surface area contributed by atoms with Gasteiger partial charge in [0.2, 0.25) is 0 Å². The number of oxime groups is 1. The number of ether oxygens (including phenoxy) is 1. The van der Waals surface area contributed by atoms with Crippen molar-refractivity contribution in [2.24, 2.45) is 5.16 Å². The molecular formula is C22H27N5O5S. The van der Waals surface area contributed by atoms with Crippen molar-refractivity contribution in [3.63, 3.8) is 0 Å². The second-order valence-corrected chi connectivity index (χ2v) is 10.6. The fraction of sp³-hybridized carbons (Fsp3) is 0.455. The molecule has 1 aromatic carbocycles. The van der Waals surface area contributed by atoms with E-state index in [-0.39, 0.29) is 27.8 Å². The Bertz CT molecular complexity index is 1110. The molecule has 33 heavy (non-hydrogen) atoms. The van der Waals surface area contributed by atoms with E-state index in [0.717, 1.165) is 5.69 Å². The third-order valence-electron chi connectivity index (χ3n) is 5.24. The zero-order valence-corrected chi connectivity index (χ0v) is 19.4. The van der Waals surface area contributed by atoms with Gasteiger partial charge in [-0.1, -0.05) is 17.3 Å². The summed E-state index contributed by atoms with van der Waals surface area (Å²) >= 11 is 0. The van der Waals surface area contributed by atoms with Crippen molar-refractivity contribution in [2.45, 2.75) is 42.1 Å². The SMILES string of the molecule is CN(C)Cc1cnc(NC(=O)/C(=N/O[C@@H]2CCOC2)c2ccc(S(=O)(=O)C3CC3)cc2)cn1. The number of hydrogen-bond donors (Lipinski definition) is 1. The Labute approximate surface area is 192 Å². The molecule has 10 nitrogen and oxygen atoms in total. The monoisotopic (exact) mass is 473 g/mol. The highest BCUT2D eigenvalue weighted by molar-refractivity contribution is 7.92. The molecule has 0 unspecified atom stereocenters. The van der Waals surface area contributed by atoms with E-state index in [1.165, 1.54) is 18.3 Å². The summed E-state index contributed by atoms with van der Waals surface area (Å²) in [5.41, 5.74) is 1.21. The molecule has 1 N–H and O–H groups in total. The number of amides is 1. The highest BCUT2D eigenvalue weighted by atomic mass is 32.2. The van der Waals surface area contributed by atoms with Gasteiger partial charge in [-0.15, -0.1) is 0 Å². The molecule has 1 aromatic heterocycles. The van der Waals surface area contributed by atoms with E-state index in [9.17, 15) is 13.2 Å². The van der Waals surface area contributed by atoms with Crippen molar-refractivity contribution in [3.05, 3.63) is 47.9 Å². The Kier molecular flexibility index (Phi) is 7.01. The van der Waals surface area contributed by atoms with Gasteiger partial charge in [-0.3, -0.25) is 9.78 Å². The number of anilines is 1. The van der Waals surface area contributed by atoms with Crippen molar-refractivity contribution in [2.75, 3.05) is 32.6 Å². The average Bonchev–Trinajstić information content (AvgIpc) is 3.53. The van der Waals surface area contributed by atoms with E-state index < -0.39 is 15.7 Å². The number of nitrogens with zero attached hydrogens (tertiary/aromatic N) is 4. The summed E-state index contributed by atoms with van der Waals surface area (Å²) in [6, 6.07) is 6.13. The Morgan fingerprint density at radius 2 is 1.94 bits per heavy atom. The molecular weight excluding hydrogens is 446 g/mol. The quantitative estimate of drug-likeness (QED) is 0.431. The maximum Gasteiger partial charge on any atom is 0.279 e. The molecule has 1 aliphatic heterocycles. The lowest BCUT2D eigenvalue weighted by molar-refractivity contribution is -0.110. The first-order valence-electron chi connectivity index (χ1n) is 10.8. The molecule has 176 valence electrons. The van der Waals surface area contributed by atoms with Gasteiger partial charge in [0.05, 0.1) is 41.4 Å². The molecule has 2 fully saturated rings. The summed E-state index contributed by atoms with van der Waals surface area (Å²) in [5.74, 6) is -0.270. The zero-order valence-electron chi connectivity index (χ0n) is 18.6. The minimum Gasteiger partial charge on any atom is -0.389 e. The minimum atomic E-state index is -3.33. The molecule has 1 aliphatic carbocycles. The molecule has 1 saturated heterocycles. The summed E-state index contributed by atoms with van der Waals surface area (Å²) < 4.78 is 30.2. The summed E-state index contributed by atoms with van der Waals surface area (Å²) in [6.45, 7) is 1.60. The van der Waals surface area contributed by atoms with Crippen LogP contribution < -0.4 is 5.32 Å². The number of nitrogens with one attached hydrogen (secondary N) is 1. The van der Waals surface area contributed by atoms with Crippen LogP contribution in [-0.4, -0.2) is 73.6 Å². The number of sulfone groups is 1. The topological polar surface area (TPSA) is 123 Å². The minimum absolute atomic E-state index is 0.0106. The molecule has 4 rings (SSSR count). The van der Waals surface area contributed by atoms with E-state index >= 15 is 0 Å². The van der Waals surface area contributed by atoms with Crippen molar-refractivity contribution < 1.29 is 22.8 Å². The molecule has 1 atom stereocenters. The highest BCUT2D eigenvalue weighted by Crippen LogP contribution is 2.33. The van der Waals surface area contributed by atoms with Crippen molar-refractivity contribution in [3.8, 4) is 0 Å². The van der Waals surface area contributed by atoms with E-state index in [2.05, 4.69) is 20.4 Å². The van der Waals surface area contributed by atoms with Crippen LogP contribution in [0.4, 0.5) is 5.82 Å². The van der Waals surface area contributed by atoms with Crippen molar-refractivity contribution >= 4 is 27.3 Å². The molecule has 0 radical (unpaired) electrons. The lowest BCUT2D eigenvalue weighted by Gasteiger charge is -2.12. The van der Waals surface area contributed by atoms with Crippen LogP contribution >= 0.6 is 0 Å². The standard InChI is InChI=1S/C22H27N5O5S/c1-27(2)13-16-11-24-20(12-23-16)25-22(28)21(26-32-17-9-10-31-14-17)15-3-5-18(6-4-15)33(29,30)19-7-8-19/h3-6,11-12,17,19H,7-10,13-14H2,1-2H3,(H,24,25,28)/b26-21+/t17-/m1/s1. The number of hydrogen-bond acceptors (Lipinski definition) is 9. The van der Waals surface area contributed by atoms with Gasteiger partial charge in [0.1, 0.15) is 0 Å². The van der Waals surface area contributed by atoms with Gasteiger partial charge < -0.3 is 19.8 Å². The maximum atomic E-state index is 13.0. The average molecular weight is 474 g/mol. The molecule has 0 spiro atoms. The van der Waals surface area contributed by atoms with Crippen LogP contribution in [0, 0.1) is 0 Å². The molecule has 1 saturated carbocycles. The van der Waals surface area contributed by atoms with Crippen LogP contribution in [0.3, 0.4) is 0 Å². The fourth-order valence-electron chi connectivity index (χ4n) is 3.32. The van der Waals surface area contributed by atoms with Gasteiger partial charge >= 0.3 is 0 Å². The Morgan fingerprint density at radius 3 is 2.52 bits per heavy atom. The fourth-order valence-corrected chi connectivity index (χ4v) is 4.98. The molecule has 0 bridgehead atoms. The first-order chi connectivity index (χ1) is 15.8. The molecule has 2 aromatic rings. The number of benzene rings is 1. The van der Waals surface area contributed by atoms with E-state index in [1.807, 2.05) is 19.0 Å². The summed E-state index contributed by atoms with van der Waals surface area (Å²) in [6.07, 6.45) is 4.88. The Hall–Kier alpha value is -2.89. The second kappa shape index (κ2) is 9.94. The maximum absolute atomic E-state index is 13.0. The van der Waals surface area contributed by atoms with E-state index in [0.29, 0.717) is 44.6 Å². The molecule has 11 heteroatoms. The lowest BCUT2D eigenvalue weighted by Crippen LogP contribution is -2.26. The second-order valence-electron chi connectivity index (χ2n) is 8.38. The Morgan fingerprint density at radius 1 is 1.18 bits per heavy atom. The van der Waals surface area contributed by atoms with Crippen LogP contribution in [0.15, 0.2) is 46.7 Å². The largest absolute Gasteiger partial charge is 0.389 e. The summed E-state index contributed by atoms with van der Waals surface area (Å²) in [4.78, 5) is 29.3. The van der Waals surface area contributed by atoms with Gasteiger partial charge in [-0.05, 0) is 39.1 Å². The molecule has 2 heterocycles. The number of carbonyl (C=O) groups is 1. The van der Waals surface area contributed by atoms with Gasteiger partial charge in [0.15, 0.2) is 27.5 Å². The van der Waals surface area contributed by atoms with Crippen LogP contribution in [-0.2, 0) is 30.8 Å². The third kappa shape index (κ3) is 5.92. The summed E-state index contributed by atoms with van der Waals surface area (Å²) in [5, 5.41) is 6.47. The highest BCUT2D eigenvalue weighted by Gasteiger charge is 2.36. The first-order valence-corrected chi connectivity index (χ1v) is 12.3. The predicted octanol–water partition coefficient (Wildman–Crippen LogP) is 1.62. The van der Waals surface area contributed by atoms with E-state index in [4.69, 9.17) is 9.57 Å². The number of rotatable bonds is 9.